The molecule has 0 aliphatic heterocycles. The number of amides is 3. The van der Waals surface area contributed by atoms with Gasteiger partial charge in [-0.15, -0.1) is 0 Å². The number of urea groups is 1. The van der Waals surface area contributed by atoms with E-state index >= 15 is 0 Å². The number of nitrogens with zero attached hydrogens (tertiary/aromatic N) is 2. The number of carbonyl (C=O) groups excluding carboxylic acids is 2. The number of allylic oxidation sites excluding steroid dienone is 1. The topological polar surface area (TPSA) is 86.4 Å². The Morgan fingerprint density at radius 1 is 1.18 bits per heavy atom. The van der Waals surface area contributed by atoms with Crippen molar-refractivity contribution in [3.05, 3.63) is 76.7 Å². The fourth-order valence-electron chi connectivity index (χ4n) is 3.32. The van der Waals surface area contributed by atoms with E-state index in [0.717, 1.165) is 12.5 Å². The lowest BCUT2D eigenvalue weighted by Crippen LogP contribution is -2.21. The van der Waals surface area contributed by atoms with Crippen LogP contribution in [0.15, 0.2) is 54.7 Å². The Bertz CT molecular complexity index is 1220. The number of anilines is 4. The molecule has 0 bridgehead atoms. The van der Waals surface area contributed by atoms with Gasteiger partial charge in [-0.25, -0.2) is 14.2 Å². The maximum Gasteiger partial charge on any atom is 0.323 e. The molecule has 3 N–H and O–H groups in total. The first-order valence-electron chi connectivity index (χ1n) is 10.6. The van der Waals surface area contributed by atoms with Crippen molar-refractivity contribution in [3.63, 3.8) is 0 Å². The highest BCUT2D eigenvalue weighted by atomic mass is 35.5. The number of pyridine rings is 1. The fraction of sp³-hybridized carbons (Fsp3) is 0.160. The second-order valence-electron chi connectivity index (χ2n) is 7.35. The van der Waals surface area contributed by atoms with Gasteiger partial charge >= 0.3 is 6.03 Å². The van der Waals surface area contributed by atoms with Gasteiger partial charge < -0.3 is 20.9 Å². The molecule has 2 aromatic carbocycles. The van der Waals surface area contributed by atoms with Crippen LogP contribution in [0.2, 0.25) is 5.02 Å². The van der Waals surface area contributed by atoms with Crippen LogP contribution in [-0.4, -0.2) is 31.0 Å². The highest BCUT2D eigenvalue weighted by Crippen LogP contribution is 2.32. The summed E-state index contributed by atoms with van der Waals surface area (Å²) in [4.78, 5) is 29.8. The summed E-state index contributed by atoms with van der Waals surface area (Å²) in [5.41, 5.74) is 3.12. The summed E-state index contributed by atoms with van der Waals surface area (Å²) in [5.74, 6) is -0.0514. The lowest BCUT2D eigenvalue weighted by molar-refractivity contribution is -0.107. The molecule has 0 fully saturated rings. The van der Waals surface area contributed by atoms with Crippen molar-refractivity contribution in [1.29, 1.82) is 0 Å². The Morgan fingerprint density at radius 2 is 1.91 bits per heavy atom. The summed E-state index contributed by atoms with van der Waals surface area (Å²) in [6.45, 7) is 4.14. The summed E-state index contributed by atoms with van der Waals surface area (Å²) in [5, 5.41) is 8.31. The molecule has 0 saturated carbocycles. The third-order valence-electron chi connectivity index (χ3n) is 5.08. The quantitative estimate of drug-likeness (QED) is 0.339. The summed E-state index contributed by atoms with van der Waals surface area (Å²) < 4.78 is 14.6. The second-order valence-corrected chi connectivity index (χ2v) is 7.76. The third kappa shape index (κ3) is 5.90. The van der Waals surface area contributed by atoms with Crippen LogP contribution in [0.25, 0.3) is 11.6 Å². The lowest BCUT2D eigenvalue weighted by Gasteiger charge is -2.19. The minimum Gasteiger partial charge on any atom is -0.373 e. The van der Waals surface area contributed by atoms with Crippen LogP contribution in [0.3, 0.4) is 0 Å². The summed E-state index contributed by atoms with van der Waals surface area (Å²) in [6.07, 6.45) is 4.20. The zero-order valence-corrected chi connectivity index (χ0v) is 19.8. The molecule has 3 amide bonds. The molecule has 0 radical (unpaired) electrons. The standard InChI is InChI=1S/C25H25ClFN5O2/c1-4-32(15-33)23-13-24(28-3)29-14-17(23)10-16(2)19-11-22(21(27)12-20(19)26)31-25(34)30-18-8-6-5-7-9-18/h5-15H,4H2,1-3H3,(H,28,29)(H2,30,31,34)/b16-10+. The minimum absolute atomic E-state index is 0.0208. The van der Waals surface area contributed by atoms with E-state index < -0.39 is 11.8 Å². The van der Waals surface area contributed by atoms with Gasteiger partial charge in [0, 0.05) is 37.1 Å². The fourth-order valence-corrected chi connectivity index (χ4v) is 3.62. The van der Waals surface area contributed by atoms with Crippen LogP contribution < -0.4 is 20.9 Å². The van der Waals surface area contributed by atoms with Gasteiger partial charge in [0.2, 0.25) is 6.41 Å². The molecule has 0 aliphatic carbocycles. The molecule has 0 atom stereocenters. The average Bonchev–Trinajstić information content (AvgIpc) is 2.83. The molecule has 7 nitrogen and oxygen atoms in total. The van der Waals surface area contributed by atoms with Crippen LogP contribution in [0.5, 0.6) is 0 Å². The van der Waals surface area contributed by atoms with Crippen molar-refractivity contribution in [2.75, 3.05) is 34.4 Å². The van der Waals surface area contributed by atoms with Crippen molar-refractivity contribution >= 4 is 58.6 Å². The first-order chi connectivity index (χ1) is 16.4. The number of aromatic nitrogens is 1. The van der Waals surface area contributed by atoms with Gasteiger partial charge in [-0.1, -0.05) is 29.8 Å². The minimum atomic E-state index is -0.663. The largest absolute Gasteiger partial charge is 0.373 e. The monoisotopic (exact) mass is 481 g/mol. The van der Waals surface area contributed by atoms with Crippen LogP contribution in [-0.2, 0) is 4.79 Å². The van der Waals surface area contributed by atoms with E-state index in [-0.39, 0.29) is 10.7 Å². The van der Waals surface area contributed by atoms with Gasteiger partial charge in [0.25, 0.3) is 0 Å². The molecule has 3 aromatic rings. The van der Waals surface area contributed by atoms with Crippen molar-refractivity contribution in [2.45, 2.75) is 13.8 Å². The molecular formula is C25H25ClFN5O2. The maximum atomic E-state index is 14.6. The molecule has 0 spiro atoms. The summed E-state index contributed by atoms with van der Waals surface area (Å²) in [6, 6.07) is 12.6. The summed E-state index contributed by atoms with van der Waals surface area (Å²) in [7, 11) is 1.74. The van der Waals surface area contributed by atoms with Gasteiger partial charge in [0.15, 0.2) is 0 Å². The molecular weight excluding hydrogens is 457 g/mol. The Kier molecular flexibility index (Phi) is 8.21. The molecule has 0 unspecified atom stereocenters. The maximum absolute atomic E-state index is 14.6. The average molecular weight is 482 g/mol. The molecule has 1 aromatic heterocycles. The Balaban J connectivity index is 1.94. The molecule has 0 aliphatic rings. The van der Waals surface area contributed by atoms with Crippen LogP contribution in [0.1, 0.15) is 25.0 Å². The van der Waals surface area contributed by atoms with E-state index in [0.29, 0.717) is 40.4 Å². The van der Waals surface area contributed by atoms with Crippen molar-refractivity contribution < 1.29 is 14.0 Å². The first-order valence-corrected chi connectivity index (χ1v) is 10.9. The Morgan fingerprint density at radius 3 is 2.56 bits per heavy atom. The first kappa shape index (κ1) is 24.7. The van der Waals surface area contributed by atoms with Crippen molar-refractivity contribution in [1.82, 2.24) is 4.98 Å². The summed E-state index contributed by atoms with van der Waals surface area (Å²) >= 11 is 6.33. The normalized spacial score (nSPS) is 11.0. The predicted octanol–water partition coefficient (Wildman–Crippen LogP) is 6.10. The van der Waals surface area contributed by atoms with Gasteiger partial charge in [0.1, 0.15) is 11.6 Å². The number of hydrogen-bond donors (Lipinski definition) is 3. The zero-order valence-electron chi connectivity index (χ0n) is 19.0. The number of carbonyl (C=O) groups is 2. The van der Waals surface area contributed by atoms with Gasteiger partial charge in [-0.05, 0) is 55.3 Å². The molecule has 1 heterocycles. The van der Waals surface area contributed by atoms with Crippen LogP contribution in [0.4, 0.5) is 32.1 Å². The Labute approximate surface area is 202 Å². The highest BCUT2D eigenvalue weighted by molar-refractivity contribution is 6.32. The number of halogens is 2. The lowest BCUT2D eigenvalue weighted by atomic mass is 10.0. The SMILES string of the molecule is CCN(C=O)c1cc(NC)ncc1/C=C(\C)c1cc(NC(=O)Nc2ccccc2)c(F)cc1Cl. The molecule has 3 rings (SSSR count). The van der Waals surface area contributed by atoms with Gasteiger partial charge in [0.05, 0.1) is 16.4 Å². The van der Waals surface area contributed by atoms with E-state index in [1.807, 2.05) is 13.0 Å². The number of benzene rings is 2. The predicted molar refractivity (Wildman–Crippen MR) is 137 cm³/mol. The molecule has 0 saturated heterocycles. The van der Waals surface area contributed by atoms with Gasteiger partial charge in [-0.2, -0.15) is 0 Å². The van der Waals surface area contributed by atoms with Gasteiger partial charge in [-0.3, -0.25) is 4.79 Å². The van der Waals surface area contributed by atoms with E-state index in [2.05, 4.69) is 20.9 Å². The third-order valence-corrected chi connectivity index (χ3v) is 5.39. The van der Waals surface area contributed by atoms with Crippen molar-refractivity contribution in [3.8, 4) is 0 Å². The molecule has 9 heteroatoms. The van der Waals surface area contributed by atoms with E-state index in [1.165, 1.54) is 6.07 Å². The number of nitrogens with one attached hydrogen (secondary N) is 3. The molecule has 176 valence electrons. The van der Waals surface area contributed by atoms with Crippen molar-refractivity contribution in [2.24, 2.45) is 0 Å². The smallest absolute Gasteiger partial charge is 0.323 e. The number of hydrogen-bond acceptors (Lipinski definition) is 4. The highest BCUT2D eigenvalue weighted by Gasteiger charge is 2.15. The zero-order chi connectivity index (χ0) is 24.7. The van der Waals surface area contributed by atoms with E-state index in [1.54, 1.807) is 61.5 Å². The van der Waals surface area contributed by atoms with E-state index in [9.17, 15) is 14.0 Å². The second kappa shape index (κ2) is 11.3. The Hall–Kier alpha value is -3.91. The van der Waals surface area contributed by atoms with Crippen LogP contribution >= 0.6 is 11.6 Å². The molecule has 34 heavy (non-hydrogen) atoms. The number of para-hydroxylation sites is 1. The van der Waals surface area contributed by atoms with E-state index in [4.69, 9.17) is 11.6 Å². The van der Waals surface area contributed by atoms with Crippen LogP contribution in [0, 0.1) is 5.82 Å². The number of rotatable bonds is 8.